The zero-order chi connectivity index (χ0) is 11.9. The maximum Gasteiger partial charge on any atom is 0.397 e. The Morgan fingerprint density at radius 3 is 2.67 bits per heavy atom. The van der Waals surface area contributed by atoms with Gasteiger partial charge in [-0.1, -0.05) is 0 Å². The van der Waals surface area contributed by atoms with E-state index in [2.05, 4.69) is 0 Å². The van der Waals surface area contributed by atoms with Gasteiger partial charge in [0.15, 0.2) is 0 Å². The second-order valence-corrected chi connectivity index (χ2v) is 4.22. The molecule has 0 saturated carbocycles. The summed E-state index contributed by atoms with van der Waals surface area (Å²) in [5, 5.41) is 21.6. The predicted octanol–water partition coefficient (Wildman–Crippen LogP) is -1.15. The van der Waals surface area contributed by atoms with Crippen LogP contribution in [0, 0.1) is 0 Å². The summed E-state index contributed by atoms with van der Waals surface area (Å²) in [4.78, 5) is 9.93. The fourth-order valence-corrected chi connectivity index (χ4v) is 1.41. The summed E-state index contributed by atoms with van der Waals surface area (Å²) >= 11 is 0. The monoisotopic (exact) mass is 222 g/mol. The van der Waals surface area contributed by atoms with Crippen LogP contribution >= 0.6 is 0 Å². The van der Waals surface area contributed by atoms with Crippen molar-refractivity contribution < 1.29 is 23.9 Å². The topological polar surface area (TPSA) is 72.4 Å². The number of halogens is 1. The van der Waals surface area contributed by atoms with Crippen LogP contribution in [0.3, 0.4) is 0 Å². The van der Waals surface area contributed by atoms with Gasteiger partial charge in [0.1, 0.15) is 6.54 Å². The molecule has 0 bridgehead atoms. The summed E-state index contributed by atoms with van der Waals surface area (Å²) in [5.41, 5.74) is 0. The average Bonchev–Trinajstić information content (AvgIpc) is 2.11. The van der Waals surface area contributed by atoms with E-state index in [1.165, 1.54) is 0 Å². The zero-order valence-corrected chi connectivity index (χ0v) is 9.20. The van der Waals surface area contributed by atoms with Crippen LogP contribution in [0.1, 0.15) is 6.42 Å². The van der Waals surface area contributed by atoms with Gasteiger partial charge in [-0.25, -0.2) is 4.79 Å². The number of rotatable bonds is 7. The third-order valence-corrected chi connectivity index (χ3v) is 2.10. The molecular formula is C9H19FN2O3. The van der Waals surface area contributed by atoms with Gasteiger partial charge in [0.2, 0.25) is 0 Å². The SMILES string of the molecule is C[N+](C)(CCCNC(=O)F)CC(O)C[O-]. The molecule has 1 atom stereocenters. The van der Waals surface area contributed by atoms with Crippen molar-refractivity contribution in [2.75, 3.05) is 40.3 Å². The number of aliphatic hydroxyl groups is 1. The molecule has 0 aromatic heterocycles. The van der Waals surface area contributed by atoms with E-state index >= 15 is 0 Å². The number of amides is 1. The average molecular weight is 222 g/mol. The molecule has 0 saturated heterocycles. The number of carbonyl (C=O) groups excluding carboxylic acids is 1. The first kappa shape index (κ1) is 14.3. The zero-order valence-electron chi connectivity index (χ0n) is 9.20. The van der Waals surface area contributed by atoms with Crippen LogP contribution < -0.4 is 10.4 Å². The number of nitrogens with zero attached hydrogens (tertiary/aromatic N) is 1. The first-order valence-corrected chi connectivity index (χ1v) is 4.89. The minimum absolute atomic E-state index is 0.268. The Morgan fingerprint density at radius 2 is 2.20 bits per heavy atom. The van der Waals surface area contributed by atoms with E-state index in [0.29, 0.717) is 24.0 Å². The largest absolute Gasteiger partial charge is 0.852 e. The van der Waals surface area contributed by atoms with Crippen LogP contribution in [0.2, 0.25) is 0 Å². The lowest BCUT2D eigenvalue weighted by Gasteiger charge is -2.32. The molecule has 0 radical (unpaired) electrons. The van der Waals surface area contributed by atoms with Crippen molar-refractivity contribution in [3.05, 3.63) is 0 Å². The lowest BCUT2D eigenvalue weighted by molar-refractivity contribution is -0.894. The van der Waals surface area contributed by atoms with E-state index in [1.807, 2.05) is 19.4 Å². The highest BCUT2D eigenvalue weighted by Gasteiger charge is 2.17. The van der Waals surface area contributed by atoms with Crippen molar-refractivity contribution in [3.63, 3.8) is 0 Å². The lowest BCUT2D eigenvalue weighted by atomic mass is 10.3. The predicted molar refractivity (Wildman–Crippen MR) is 51.8 cm³/mol. The molecule has 0 spiro atoms. The number of nitrogens with one attached hydrogen (secondary N) is 1. The number of hydrogen-bond acceptors (Lipinski definition) is 3. The van der Waals surface area contributed by atoms with Gasteiger partial charge in [0, 0.05) is 13.0 Å². The summed E-state index contributed by atoms with van der Waals surface area (Å²) in [7, 11) is 3.74. The second kappa shape index (κ2) is 6.71. The Balaban J connectivity index is 3.68. The quantitative estimate of drug-likeness (QED) is 0.247. The summed E-state index contributed by atoms with van der Waals surface area (Å²) in [6, 6.07) is 0. The maximum atomic E-state index is 11.7. The molecule has 0 aliphatic heterocycles. The number of likely N-dealkylation sites (N-methyl/N-ethyl adjacent to an activating group) is 1. The van der Waals surface area contributed by atoms with Crippen molar-refractivity contribution in [2.24, 2.45) is 0 Å². The Morgan fingerprint density at radius 1 is 1.60 bits per heavy atom. The second-order valence-electron chi connectivity index (χ2n) is 4.22. The van der Waals surface area contributed by atoms with Gasteiger partial charge in [0.25, 0.3) is 0 Å². The van der Waals surface area contributed by atoms with Crippen LogP contribution in [0.25, 0.3) is 0 Å². The fraction of sp³-hybridized carbons (Fsp3) is 0.889. The lowest BCUT2D eigenvalue weighted by Crippen LogP contribution is -2.48. The summed E-state index contributed by atoms with van der Waals surface area (Å²) in [6.07, 6.45) is -1.77. The summed E-state index contributed by atoms with van der Waals surface area (Å²) in [5.74, 6) is 0. The minimum atomic E-state index is -1.53. The van der Waals surface area contributed by atoms with Gasteiger partial charge in [-0.3, -0.25) is 0 Å². The highest BCUT2D eigenvalue weighted by atomic mass is 19.1. The molecule has 15 heavy (non-hydrogen) atoms. The van der Waals surface area contributed by atoms with Crippen molar-refractivity contribution in [2.45, 2.75) is 12.5 Å². The van der Waals surface area contributed by atoms with E-state index in [1.54, 1.807) is 0 Å². The fourth-order valence-electron chi connectivity index (χ4n) is 1.41. The highest BCUT2D eigenvalue weighted by molar-refractivity contribution is 5.65. The van der Waals surface area contributed by atoms with Gasteiger partial charge in [-0.2, -0.15) is 0 Å². The van der Waals surface area contributed by atoms with E-state index < -0.39 is 18.9 Å². The van der Waals surface area contributed by atoms with Crippen LogP contribution in [0.4, 0.5) is 9.18 Å². The third-order valence-electron chi connectivity index (χ3n) is 2.10. The summed E-state index contributed by atoms with van der Waals surface area (Å²) < 4.78 is 12.2. The molecule has 0 aliphatic carbocycles. The van der Waals surface area contributed by atoms with Gasteiger partial charge >= 0.3 is 6.16 Å². The third kappa shape index (κ3) is 8.29. The van der Waals surface area contributed by atoms with Gasteiger partial charge in [0.05, 0.1) is 26.7 Å². The number of quaternary nitrogens is 1. The van der Waals surface area contributed by atoms with Crippen molar-refractivity contribution in [1.29, 1.82) is 0 Å². The molecule has 0 rings (SSSR count). The summed E-state index contributed by atoms with van der Waals surface area (Å²) in [6.45, 7) is 0.789. The molecule has 6 heteroatoms. The van der Waals surface area contributed by atoms with Crippen LogP contribution in [-0.4, -0.2) is 62.2 Å². The normalized spacial score (nSPS) is 13.7. The number of carbonyl (C=O) groups is 1. The molecule has 90 valence electrons. The van der Waals surface area contributed by atoms with E-state index in [9.17, 15) is 19.4 Å². The van der Waals surface area contributed by atoms with Gasteiger partial charge < -0.3 is 20.0 Å². The van der Waals surface area contributed by atoms with Crippen molar-refractivity contribution >= 4 is 6.16 Å². The molecule has 0 aromatic rings. The Kier molecular flexibility index (Phi) is 6.38. The van der Waals surface area contributed by atoms with E-state index in [4.69, 9.17) is 0 Å². The number of hydrogen-bond donors (Lipinski definition) is 2. The first-order chi connectivity index (χ1) is 6.87. The highest BCUT2D eigenvalue weighted by Crippen LogP contribution is 2.00. The van der Waals surface area contributed by atoms with Gasteiger partial charge in [-0.05, 0) is 0 Å². The smallest absolute Gasteiger partial charge is 0.397 e. The van der Waals surface area contributed by atoms with E-state index in [0.717, 1.165) is 0 Å². The van der Waals surface area contributed by atoms with Crippen molar-refractivity contribution in [3.8, 4) is 0 Å². The Labute approximate surface area is 89.1 Å². The molecule has 0 fully saturated rings. The number of aliphatic hydroxyl groups excluding tert-OH is 1. The molecule has 2 N–H and O–H groups in total. The molecule has 1 unspecified atom stereocenters. The minimum Gasteiger partial charge on any atom is -0.852 e. The molecular weight excluding hydrogens is 203 g/mol. The Hall–Kier alpha value is -0.720. The van der Waals surface area contributed by atoms with Crippen LogP contribution in [0.5, 0.6) is 0 Å². The molecule has 0 aliphatic rings. The van der Waals surface area contributed by atoms with Crippen LogP contribution in [-0.2, 0) is 0 Å². The Bertz CT molecular complexity index is 200. The van der Waals surface area contributed by atoms with Crippen molar-refractivity contribution in [1.82, 2.24) is 5.32 Å². The van der Waals surface area contributed by atoms with Gasteiger partial charge in [-0.15, -0.1) is 11.0 Å². The maximum absolute atomic E-state index is 11.7. The molecule has 0 aromatic carbocycles. The molecule has 1 amide bonds. The first-order valence-electron chi connectivity index (χ1n) is 4.89. The van der Waals surface area contributed by atoms with Crippen LogP contribution in [0.15, 0.2) is 0 Å². The van der Waals surface area contributed by atoms with E-state index in [-0.39, 0.29) is 6.54 Å². The molecule has 0 heterocycles. The standard InChI is InChI=1S/C9H19FN2O3/c1-12(2,6-8(14)7-13)5-3-4-11-9(10)15/h8,14H,3-7H2,1-2H3,(H,11,15). The molecule has 5 nitrogen and oxygen atoms in total.